The number of benzene rings is 1. The Hall–Kier alpha value is -1.84. The molecule has 0 saturated heterocycles. The lowest BCUT2D eigenvalue weighted by atomic mass is 9.96. The molecule has 0 aliphatic heterocycles. The number of carbonyl (C=O) groups is 1. The smallest absolute Gasteiger partial charge is 0.228 e. The number of aryl methyl sites for hydroxylation is 3. The minimum absolute atomic E-state index is 0.0474. The average Bonchev–Trinajstić information content (AvgIpc) is 2.21. The molecule has 4 heteroatoms. The lowest BCUT2D eigenvalue weighted by Crippen LogP contribution is -2.30. The van der Waals surface area contributed by atoms with Crippen LogP contribution in [0.25, 0.3) is 0 Å². The van der Waals surface area contributed by atoms with Crippen LogP contribution in [0.15, 0.2) is 12.1 Å². The summed E-state index contributed by atoms with van der Waals surface area (Å²) in [7, 11) is 0. The highest BCUT2D eigenvalue weighted by atomic mass is 16.1. The van der Waals surface area contributed by atoms with Crippen molar-refractivity contribution in [2.45, 2.75) is 40.2 Å². The van der Waals surface area contributed by atoms with E-state index in [1.807, 2.05) is 13.8 Å². The molecule has 0 spiro atoms. The molecule has 1 amide bonds. The van der Waals surface area contributed by atoms with Gasteiger partial charge in [-0.25, -0.2) is 0 Å². The van der Waals surface area contributed by atoms with Gasteiger partial charge in [0.05, 0.1) is 18.3 Å². The molecule has 1 atom stereocenters. The average molecular weight is 247 g/mol. The quantitative estimate of drug-likeness (QED) is 0.563. The van der Waals surface area contributed by atoms with Crippen molar-refractivity contribution in [3.05, 3.63) is 34.4 Å². The molecule has 0 bridgehead atoms. The molecule has 4 N–H and O–H groups in total. The van der Waals surface area contributed by atoms with Gasteiger partial charge in [-0.2, -0.15) is 0 Å². The molecular formula is C14H21N3O. The van der Waals surface area contributed by atoms with E-state index < -0.39 is 0 Å². The Morgan fingerprint density at radius 3 is 2.39 bits per heavy atom. The van der Waals surface area contributed by atoms with Crippen LogP contribution in [0.4, 0.5) is 0 Å². The fourth-order valence-electron chi connectivity index (χ4n) is 1.99. The Bertz CT molecular complexity index is 480. The molecule has 0 aliphatic rings. The molecule has 98 valence electrons. The number of hydrogen-bond donors (Lipinski definition) is 3. The minimum Gasteiger partial charge on any atom is -0.387 e. The first kappa shape index (κ1) is 14.2. The van der Waals surface area contributed by atoms with Crippen molar-refractivity contribution in [3.8, 4) is 0 Å². The second-order valence-corrected chi connectivity index (χ2v) is 4.78. The standard InChI is InChI=1S/C14H21N3O/c1-8-5-10(3)12(6-9(8)2)11(4)17-14(18)7-13(15)16/h5-6,11H,7H2,1-4H3,(H3,15,16)(H,17,18)/t11-/m0/s1. The van der Waals surface area contributed by atoms with Crippen molar-refractivity contribution in [2.75, 3.05) is 0 Å². The van der Waals surface area contributed by atoms with Gasteiger partial charge in [-0.05, 0) is 49.9 Å². The second kappa shape index (κ2) is 5.67. The van der Waals surface area contributed by atoms with Gasteiger partial charge in [-0.1, -0.05) is 12.1 Å². The number of rotatable bonds is 4. The molecule has 0 unspecified atom stereocenters. The van der Waals surface area contributed by atoms with Gasteiger partial charge in [-0.3, -0.25) is 10.2 Å². The lowest BCUT2D eigenvalue weighted by Gasteiger charge is -2.18. The van der Waals surface area contributed by atoms with E-state index in [-0.39, 0.29) is 24.2 Å². The van der Waals surface area contributed by atoms with Crippen molar-refractivity contribution in [3.63, 3.8) is 0 Å². The van der Waals surface area contributed by atoms with Crippen LogP contribution in [0.2, 0.25) is 0 Å². The summed E-state index contributed by atoms with van der Waals surface area (Å²) in [5.74, 6) is -0.330. The van der Waals surface area contributed by atoms with Crippen molar-refractivity contribution < 1.29 is 4.79 Å². The number of amidine groups is 1. The summed E-state index contributed by atoms with van der Waals surface area (Å²) in [5.41, 5.74) is 9.93. The molecule has 0 aliphatic carbocycles. The normalized spacial score (nSPS) is 12.0. The third kappa shape index (κ3) is 3.58. The van der Waals surface area contributed by atoms with Gasteiger partial charge in [-0.15, -0.1) is 0 Å². The predicted molar refractivity (Wildman–Crippen MR) is 73.7 cm³/mol. The number of amides is 1. The molecule has 1 rings (SSSR count). The van der Waals surface area contributed by atoms with Crippen LogP contribution in [0, 0.1) is 26.2 Å². The van der Waals surface area contributed by atoms with E-state index in [4.69, 9.17) is 11.1 Å². The highest BCUT2D eigenvalue weighted by molar-refractivity contribution is 5.97. The maximum absolute atomic E-state index is 11.6. The minimum atomic E-state index is -0.215. The first-order chi connectivity index (χ1) is 8.31. The molecule has 1 aromatic carbocycles. The molecule has 0 saturated carbocycles. The lowest BCUT2D eigenvalue weighted by molar-refractivity contribution is -0.120. The zero-order chi connectivity index (χ0) is 13.9. The Kier molecular flexibility index (Phi) is 4.48. The number of carbonyl (C=O) groups excluding carboxylic acids is 1. The largest absolute Gasteiger partial charge is 0.387 e. The molecule has 0 fully saturated rings. The van der Waals surface area contributed by atoms with Gasteiger partial charge in [0.2, 0.25) is 5.91 Å². The van der Waals surface area contributed by atoms with E-state index >= 15 is 0 Å². The molecule has 0 aromatic heterocycles. The van der Waals surface area contributed by atoms with E-state index in [1.54, 1.807) is 0 Å². The monoisotopic (exact) mass is 247 g/mol. The third-order valence-corrected chi connectivity index (χ3v) is 3.08. The summed E-state index contributed by atoms with van der Waals surface area (Å²) in [6.45, 7) is 8.11. The van der Waals surface area contributed by atoms with Gasteiger partial charge in [0.15, 0.2) is 0 Å². The fourth-order valence-corrected chi connectivity index (χ4v) is 1.99. The van der Waals surface area contributed by atoms with Crippen LogP contribution >= 0.6 is 0 Å². The zero-order valence-corrected chi connectivity index (χ0v) is 11.4. The SMILES string of the molecule is Cc1cc(C)c([C@H](C)NC(=O)CC(=N)N)cc1C. The van der Waals surface area contributed by atoms with Crippen LogP contribution in [-0.2, 0) is 4.79 Å². The van der Waals surface area contributed by atoms with Crippen molar-refractivity contribution in [1.82, 2.24) is 5.32 Å². The molecule has 0 radical (unpaired) electrons. The van der Waals surface area contributed by atoms with Crippen molar-refractivity contribution >= 4 is 11.7 Å². The van der Waals surface area contributed by atoms with Crippen LogP contribution in [0.3, 0.4) is 0 Å². The summed E-state index contributed by atoms with van der Waals surface area (Å²) in [5, 5.41) is 9.95. The summed E-state index contributed by atoms with van der Waals surface area (Å²) in [6, 6.07) is 4.15. The van der Waals surface area contributed by atoms with E-state index in [2.05, 4.69) is 31.3 Å². The Labute approximate surface area is 108 Å². The molecule has 4 nitrogen and oxygen atoms in total. The summed E-state index contributed by atoms with van der Waals surface area (Å²) in [6.07, 6.45) is -0.0474. The predicted octanol–water partition coefficient (Wildman–Crippen LogP) is 2.12. The highest BCUT2D eigenvalue weighted by Crippen LogP contribution is 2.21. The van der Waals surface area contributed by atoms with E-state index in [0.717, 1.165) is 11.1 Å². The van der Waals surface area contributed by atoms with Crippen molar-refractivity contribution in [2.24, 2.45) is 5.73 Å². The summed E-state index contributed by atoms with van der Waals surface area (Å²) >= 11 is 0. The number of hydrogen-bond acceptors (Lipinski definition) is 2. The van der Waals surface area contributed by atoms with Gasteiger partial charge < -0.3 is 11.1 Å². The van der Waals surface area contributed by atoms with Crippen molar-refractivity contribution in [1.29, 1.82) is 5.41 Å². The van der Waals surface area contributed by atoms with Gasteiger partial charge in [0.25, 0.3) is 0 Å². The fraction of sp³-hybridized carbons (Fsp3) is 0.429. The van der Waals surface area contributed by atoms with E-state index in [9.17, 15) is 4.79 Å². The highest BCUT2D eigenvalue weighted by Gasteiger charge is 2.13. The van der Waals surface area contributed by atoms with Gasteiger partial charge >= 0.3 is 0 Å². The van der Waals surface area contributed by atoms with Crippen LogP contribution in [0.5, 0.6) is 0 Å². The van der Waals surface area contributed by atoms with E-state index in [0.29, 0.717) is 0 Å². The van der Waals surface area contributed by atoms with Gasteiger partial charge in [0, 0.05) is 0 Å². The topological polar surface area (TPSA) is 79.0 Å². The molecule has 18 heavy (non-hydrogen) atoms. The first-order valence-corrected chi connectivity index (χ1v) is 6.01. The second-order valence-electron chi connectivity index (χ2n) is 4.78. The molecule has 1 aromatic rings. The van der Waals surface area contributed by atoms with Crippen LogP contribution in [0.1, 0.15) is 41.6 Å². The van der Waals surface area contributed by atoms with Crippen LogP contribution in [-0.4, -0.2) is 11.7 Å². The number of nitrogens with one attached hydrogen (secondary N) is 2. The Balaban J connectivity index is 2.84. The van der Waals surface area contributed by atoms with E-state index in [1.165, 1.54) is 11.1 Å². The zero-order valence-electron chi connectivity index (χ0n) is 11.4. The maximum atomic E-state index is 11.6. The number of nitrogens with two attached hydrogens (primary N) is 1. The molecule has 0 heterocycles. The van der Waals surface area contributed by atoms with Gasteiger partial charge in [0.1, 0.15) is 0 Å². The maximum Gasteiger partial charge on any atom is 0.228 e. The molecular weight excluding hydrogens is 226 g/mol. The summed E-state index contributed by atoms with van der Waals surface area (Å²) < 4.78 is 0. The first-order valence-electron chi connectivity index (χ1n) is 6.01. The van der Waals surface area contributed by atoms with Crippen LogP contribution < -0.4 is 11.1 Å². The Morgan fingerprint density at radius 2 is 1.83 bits per heavy atom. The third-order valence-electron chi connectivity index (χ3n) is 3.08. The summed E-state index contributed by atoms with van der Waals surface area (Å²) in [4.78, 5) is 11.6. The Morgan fingerprint density at radius 1 is 1.28 bits per heavy atom.